The van der Waals surface area contributed by atoms with Gasteiger partial charge in [0.2, 0.25) is 0 Å². The van der Waals surface area contributed by atoms with E-state index in [1.54, 1.807) is 6.20 Å². The number of hydrogen-bond donors (Lipinski definition) is 2. The molecular formula is C24H24F2N6O. The molecule has 0 saturated carbocycles. The van der Waals surface area contributed by atoms with E-state index in [4.69, 9.17) is 15.6 Å². The molecule has 2 aliphatic heterocycles. The van der Waals surface area contributed by atoms with Gasteiger partial charge in [-0.3, -0.25) is 0 Å². The number of aliphatic imine (C=N–C) groups is 2. The summed E-state index contributed by atoms with van der Waals surface area (Å²) >= 11 is 0. The van der Waals surface area contributed by atoms with Crippen LogP contribution in [0.5, 0.6) is 5.75 Å². The van der Waals surface area contributed by atoms with Gasteiger partial charge in [0.05, 0.1) is 18.6 Å². The lowest BCUT2D eigenvalue weighted by molar-refractivity contribution is 0.326. The minimum absolute atomic E-state index is 0.0559. The van der Waals surface area contributed by atoms with Crippen LogP contribution in [0.15, 0.2) is 52.6 Å². The zero-order chi connectivity index (χ0) is 22.8. The van der Waals surface area contributed by atoms with Gasteiger partial charge in [-0.15, -0.1) is 0 Å². The summed E-state index contributed by atoms with van der Waals surface area (Å²) in [5, 5.41) is 8.13. The van der Waals surface area contributed by atoms with Crippen LogP contribution in [0, 0.1) is 11.6 Å². The SMILES string of the molecule is NC=NC(=Nc1ccc(F)cc1F)n1cc2c(n1)-c1cc(C3CCNCC3)ccc1OCC2. The van der Waals surface area contributed by atoms with Crippen molar-refractivity contribution in [2.24, 2.45) is 15.7 Å². The molecule has 2 aliphatic rings. The third-order valence-corrected chi connectivity index (χ3v) is 6.01. The smallest absolute Gasteiger partial charge is 0.252 e. The Balaban J connectivity index is 1.56. The Kier molecular flexibility index (Phi) is 5.87. The summed E-state index contributed by atoms with van der Waals surface area (Å²) in [5.41, 5.74) is 9.39. The van der Waals surface area contributed by atoms with Gasteiger partial charge in [0, 0.05) is 29.8 Å². The van der Waals surface area contributed by atoms with Crippen molar-refractivity contribution in [3.05, 3.63) is 65.4 Å². The normalized spacial score (nSPS) is 16.8. The Hall–Kier alpha value is -3.59. The van der Waals surface area contributed by atoms with Crippen molar-refractivity contribution in [3.8, 4) is 17.0 Å². The fourth-order valence-electron chi connectivity index (χ4n) is 4.35. The Morgan fingerprint density at radius 2 is 2.03 bits per heavy atom. The molecule has 3 N–H and O–H groups in total. The fourth-order valence-corrected chi connectivity index (χ4v) is 4.35. The van der Waals surface area contributed by atoms with Crippen molar-refractivity contribution in [1.82, 2.24) is 15.1 Å². The number of rotatable bonds is 2. The van der Waals surface area contributed by atoms with Gasteiger partial charge in [0.15, 0.2) is 5.82 Å². The zero-order valence-corrected chi connectivity index (χ0v) is 18.0. The first-order chi connectivity index (χ1) is 16.1. The maximum atomic E-state index is 14.2. The number of halogens is 2. The highest BCUT2D eigenvalue weighted by Gasteiger charge is 2.23. The molecule has 0 radical (unpaired) electrons. The van der Waals surface area contributed by atoms with Gasteiger partial charge in [-0.1, -0.05) is 6.07 Å². The number of fused-ring (bicyclic) bond motifs is 3. The predicted molar refractivity (Wildman–Crippen MR) is 123 cm³/mol. The molecule has 3 heterocycles. The van der Waals surface area contributed by atoms with Crippen LogP contribution >= 0.6 is 0 Å². The van der Waals surface area contributed by atoms with E-state index in [0.717, 1.165) is 67.0 Å². The van der Waals surface area contributed by atoms with E-state index in [1.807, 2.05) is 6.07 Å². The van der Waals surface area contributed by atoms with Crippen LogP contribution in [-0.2, 0) is 6.42 Å². The van der Waals surface area contributed by atoms with Gasteiger partial charge in [-0.05, 0) is 61.7 Å². The zero-order valence-electron chi connectivity index (χ0n) is 18.0. The third-order valence-electron chi connectivity index (χ3n) is 6.01. The largest absolute Gasteiger partial charge is 0.493 e. The van der Waals surface area contributed by atoms with Crippen LogP contribution in [0.2, 0.25) is 0 Å². The molecule has 0 bridgehead atoms. The van der Waals surface area contributed by atoms with Crippen LogP contribution in [-0.4, -0.2) is 41.8 Å². The molecule has 1 fully saturated rings. The Morgan fingerprint density at radius 3 is 2.82 bits per heavy atom. The summed E-state index contributed by atoms with van der Waals surface area (Å²) in [6.45, 7) is 2.53. The molecule has 2 aromatic carbocycles. The Labute approximate surface area is 190 Å². The molecule has 1 saturated heterocycles. The summed E-state index contributed by atoms with van der Waals surface area (Å²) in [6.07, 6.45) is 5.70. The van der Waals surface area contributed by atoms with Crippen LogP contribution < -0.4 is 15.8 Å². The molecule has 33 heavy (non-hydrogen) atoms. The highest BCUT2D eigenvalue weighted by molar-refractivity contribution is 5.91. The lowest BCUT2D eigenvalue weighted by Gasteiger charge is -2.23. The van der Waals surface area contributed by atoms with Crippen molar-refractivity contribution >= 4 is 18.0 Å². The number of aromatic nitrogens is 2. The van der Waals surface area contributed by atoms with Gasteiger partial charge < -0.3 is 15.8 Å². The molecule has 170 valence electrons. The van der Waals surface area contributed by atoms with Crippen molar-refractivity contribution in [3.63, 3.8) is 0 Å². The Morgan fingerprint density at radius 1 is 1.18 bits per heavy atom. The first kappa shape index (κ1) is 21.3. The summed E-state index contributed by atoms with van der Waals surface area (Å²) < 4.78 is 34.9. The molecule has 7 nitrogen and oxygen atoms in total. The third kappa shape index (κ3) is 4.36. The summed E-state index contributed by atoms with van der Waals surface area (Å²) in [4.78, 5) is 8.30. The Bertz CT molecular complexity index is 1230. The molecule has 5 rings (SSSR count). The first-order valence-electron chi connectivity index (χ1n) is 11.0. The van der Waals surface area contributed by atoms with Gasteiger partial charge in [-0.25, -0.2) is 23.4 Å². The van der Waals surface area contributed by atoms with Gasteiger partial charge in [-0.2, -0.15) is 5.10 Å². The number of hydrogen-bond acceptors (Lipinski definition) is 4. The number of ether oxygens (including phenoxy) is 1. The second kappa shape index (κ2) is 9.11. The summed E-state index contributed by atoms with van der Waals surface area (Å²) in [5.74, 6) is -0.123. The number of nitrogens with two attached hydrogens (primary N) is 1. The highest BCUT2D eigenvalue weighted by atomic mass is 19.1. The fraction of sp³-hybridized carbons (Fsp3) is 0.292. The predicted octanol–water partition coefficient (Wildman–Crippen LogP) is 3.75. The maximum absolute atomic E-state index is 14.2. The quantitative estimate of drug-likeness (QED) is 0.460. The molecule has 0 aliphatic carbocycles. The van der Waals surface area contributed by atoms with E-state index in [2.05, 4.69) is 27.4 Å². The van der Waals surface area contributed by atoms with Crippen LogP contribution in [0.4, 0.5) is 14.5 Å². The van der Waals surface area contributed by atoms with Gasteiger partial charge in [0.25, 0.3) is 5.96 Å². The average Bonchev–Trinajstić information content (AvgIpc) is 3.17. The number of benzene rings is 2. The lowest BCUT2D eigenvalue weighted by atomic mass is 9.88. The van der Waals surface area contributed by atoms with Crippen LogP contribution in [0.25, 0.3) is 11.3 Å². The van der Waals surface area contributed by atoms with Crippen LogP contribution in [0.1, 0.15) is 29.9 Å². The van der Waals surface area contributed by atoms with Crippen molar-refractivity contribution < 1.29 is 13.5 Å². The van der Waals surface area contributed by atoms with Crippen LogP contribution in [0.3, 0.4) is 0 Å². The van der Waals surface area contributed by atoms with E-state index in [9.17, 15) is 8.78 Å². The number of piperidine rings is 1. The summed E-state index contributed by atoms with van der Waals surface area (Å²) in [6, 6.07) is 9.48. The minimum atomic E-state index is -0.793. The van der Waals surface area contributed by atoms with Crippen molar-refractivity contribution in [1.29, 1.82) is 0 Å². The van der Waals surface area contributed by atoms with Crippen molar-refractivity contribution in [2.45, 2.75) is 25.2 Å². The molecule has 0 unspecified atom stereocenters. The number of nitrogens with one attached hydrogen (secondary N) is 1. The average molecular weight is 450 g/mol. The monoisotopic (exact) mass is 450 g/mol. The van der Waals surface area contributed by atoms with E-state index < -0.39 is 11.6 Å². The molecule has 0 atom stereocenters. The highest BCUT2D eigenvalue weighted by Crippen LogP contribution is 2.38. The second-order valence-corrected chi connectivity index (χ2v) is 8.11. The summed E-state index contributed by atoms with van der Waals surface area (Å²) in [7, 11) is 0. The van der Waals surface area contributed by atoms with Gasteiger partial charge >= 0.3 is 0 Å². The van der Waals surface area contributed by atoms with E-state index >= 15 is 0 Å². The van der Waals surface area contributed by atoms with E-state index in [0.29, 0.717) is 18.9 Å². The van der Waals surface area contributed by atoms with Crippen molar-refractivity contribution in [2.75, 3.05) is 19.7 Å². The molecule has 9 heteroatoms. The molecule has 0 amide bonds. The molecular weight excluding hydrogens is 426 g/mol. The molecule has 3 aromatic rings. The topological polar surface area (TPSA) is 89.8 Å². The minimum Gasteiger partial charge on any atom is -0.493 e. The molecule has 0 spiro atoms. The van der Waals surface area contributed by atoms with Gasteiger partial charge in [0.1, 0.15) is 17.3 Å². The first-order valence-corrected chi connectivity index (χ1v) is 11.0. The standard InChI is InChI=1S/C24H24F2N6O/c25-18-2-3-21(20(26)12-18)30-24(29-14-27)32-13-17-7-10-33-22-4-1-16(11-19(22)23(17)31-32)15-5-8-28-9-6-15/h1-4,11-15,28H,5-10H2,(H2,27,29,30). The lowest BCUT2D eigenvalue weighted by Crippen LogP contribution is -2.26. The maximum Gasteiger partial charge on any atom is 0.252 e. The number of nitrogens with zero attached hydrogens (tertiary/aromatic N) is 4. The van der Waals surface area contributed by atoms with E-state index in [-0.39, 0.29) is 11.6 Å². The van der Waals surface area contributed by atoms with E-state index in [1.165, 1.54) is 16.3 Å². The molecule has 1 aromatic heterocycles. The second-order valence-electron chi connectivity index (χ2n) is 8.11.